The Bertz CT molecular complexity index is 1010. The highest BCUT2D eigenvalue weighted by Gasteiger charge is 2.14. The van der Waals surface area contributed by atoms with Crippen molar-refractivity contribution in [2.45, 2.75) is 25.9 Å². The maximum Gasteiger partial charge on any atom is 0.307 e. The number of carbonyl (C=O) groups excluding carboxylic acids is 1. The van der Waals surface area contributed by atoms with Crippen molar-refractivity contribution in [2.24, 2.45) is 0 Å². The predicted molar refractivity (Wildman–Crippen MR) is 117 cm³/mol. The first-order chi connectivity index (χ1) is 14.7. The fourth-order valence-corrected chi connectivity index (χ4v) is 2.96. The molecular weight excluding hydrogens is 376 g/mol. The van der Waals surface area contributed by atoms with Gasteiger partial charge in [0.15, 0.2) is 0 Å². The van der Waals surface area contributed by atoms with E-state index >= 15 is 0 Å². The fourth-order valence-electron chi connectivity index (χ4n) is 2.96. The molecule has 3 aromatic carbocycles. The van der Waals surface area contributed by atoms with E-state index in [0.29, 0.717) is 6.61 Å². The molecule has 3 rings (SSSR count). The molecule has 0 N–H and O–H groups in total. The van der Waals surface area contributed by atoms with Crippen molar-refractivity contribution < 1.29 is 19.0 Å². The van der Waals surface area contributed by atoms with Crippen LogP contribution in [0.5, 0.6) is 17.2 Å². The molecule has 0 heterocycles. The molecule has 3 aromatic rings. The summed E-state index contributed by atoms with van der Waals surface area (Å²) in [5.74, 6) is 7.78. The Labute approximate surface area is 177 Å². The first kappa shape index (κ1) is 21.0. The van der Waals surface area contributed by atoms with Gasteiger partial charge in [-0.05, 0) is 54.4 Å². The van der Waals surface area contributed by atoms with E-state index in [4.69, 9.17) is 14.2 Å². The van der Waals surface area contributed by atoms with Crippen LogP contribution in [0.3, 0.4) is 0 Å². The van der Waals surface area contributed by atoms with Crippen molar-refractivity contribution in [1.82, 2.24) is 0 Å². The molecule has 0 saturated heterocycles. The Morgan fingerprint density at radius 1 is 0.900 bits per heavy atom. The molecule has 0 aliphatic heterocycles. The zero-order chi connectivity index (χ0) is 21.2. The lowest BCUT2D eigenvalue weighted by molar-refractivity contribution is -0.140. The van der Waals surface area contributed by atoms with Gasteiger partial charge in [-0.2, -0.15) is 0 Å². The third kappa shape index (κ3) is 6.15. The van der Waals surface area contributed by atoms with Gasteiger partial charge in [-0.1, -0.05) is 48.4 Å². The maximum atomic E-state index is 11.6. The van der Waals surface area contributed by atoms with Crippen molar-refractivity contribution in [1.29, 1.82) is 0 Å². The zero-order valence-electron chi connectivity index (χ0n) is 17.1. The first-order valence-corrected chi connectivity index (χ1v) is 9.71. The van der Waals surface area contributed by atoms with Crippen LogP contribution in [0.4, 0.5) is 0 Å². The zero-order valence-corrected chi connectivity index (χ0v) is 17.1. The third-order valence-corrected chi connectivity index (χ3v) is 4.48. The lowest BCUT2D eigenvalue weighted by atomic mass is 9.96. The molecule has 1 atom stereocenters. The van der Waals surface area contributed by atoms with Gasteiger partial charge in [-0.3, -0.25) is 4.79 Å². The number of ether oxygens (including phenoxy) is 3. The van der Waals surface area contributed by atoms with Crippen LogP contribution < -0.4 is 9.47 Å². The van der Waals surface area contributed by atoms with E-state index in [1.54, 1.807) is 6.92 Å². The van der Waals surface area contributed by atoms with Crippen LogP contribution in [0.1, 0.15) is 30.4 Å². The second-order valence-corrected chi connectivity index (χ2v) is 6.65. The summed E-state index contributed by atoms with van der Waals surface area (Å²) in [5.41, 5.74) is 1.97. The maximum absolute atomic E-state index is 11.6. The highest BCUT2D eigenvalue weighted by Crippen LogP contribution is 2.25. The van der Waals surface area contributed by atoms with E-state index in [-0.39, 0.29) is 18.3 Å². The molecule has 0 saturated carbocycles. The summed E-state index contributed by atoms with van der Waals surface area (Å²) >= 11 is 0. The molecule has 1 unspecified atom stereocenters. The molecule has 30 heavy (non-hydrogen) atoms. The van der Waals surface area contributed by atoms with Crippen LogP contribution in [0.15, 0.2) is 78.9 Å². The van der Waals surface area contributed by atoms with E-state index in [9.17, 15) is 4.79 Å². The summed E-state index contributed by atoms with van der Waals surface area (Å²) < 4.78 is 16.5. The van der Waals surface area contributed by atoms with Gasteiger partial charge in [0.2, 0.25) is 0 Å². The number of hydrogen-bond acceptors (Lipinski definition) is 4. The molecule has 0 radical (unpaired) electrons. The molecule has 0 fully saturated rings. The lowest BCUT2D eigenvalue weighted by Gasteiger charge is -2.12. The smallest absolute Gasteiger partial charge is 0.307 e. The van der Waals surface area contributed by atoms with Crippen LogP contribution in [0, 0.1) is 11.8 Å². The first-order valence-electron chi connectivity index (χ1n) is 9.71. The van der Waals surface area contributed by atoms with Gasteiger partial charge in [-0.25, -0.2) is 0 Å². The number of benzene rings is 3. The van der Waals surface area contributed by atoms with Crippen molar-refractivity contribution in [2.75, 3.05) is 7.11 Å². The van der Waals surface area contributed by atoms with Crippen molar-refractivity contribution in [3.05, 3.63) is 90.0 Å². The summed E-state index contributed by atoms with van der Waals surface area (Å²) in [5, 5.41) is 0. The van der Waals surface area contributed by atoms with Gasteiger partial charge < -0.3 is 14.2 Å². The van der Waals surface area contributed by atoms with Gasteiger partial charge in [0.1, 0.15) is 23.9 Å². The van der Waals surface area contributed by atoms with Gasteiger partial charge in [0.05, 0.1) is 19.4 Å². The molecular formula is C26H24O4. The van der Waals surface area contributed by atoms with Crippen LogP contribution in [-0.2, 0) is 16.1 Å². The SMILES string of the molecule is CC#CC(CC(=O)OC)c1ccc(OCc2cccc(Oc3ccccc3)c2)cc1. The monoisotopic (exact) mass is 400 g/mol. The second-order valence-electron chi connectivity index (χ2n) is 6.65. The number of para-hydroxylation sites is 1. The summed E-state index contributed by atoms with van der Waals surface area (Å²) in [6.45, 7) is 2.18. The highest BCUT2D eigenvalue weighted by atomic mass is 16.5. The van der Waals surface area contributed by atoms with E-state index in [1.165, 1.54) is 7.11 Å². The van der Waals surface area contributed by atoms with E-state index in [2.05, 4.69) is 11.8 Å². The van der Waals surface area contributed by atoms with Crippen molar-refractivity contribution in [3.63, 3.8) is 0 Å². The van der Waals surface area contributed by atoms with Crippen LogP contribution >= 0.6 is 0 Å². The van der Waals surface area contributed by atoms with Crippen LogP contribution in [0.25, 0.3) is 0 Å². The van der Waals surface area contributed by atoms with Gasteiger partial charge in [0.25, 0.3) is 0 Å². The molecule has 4 nitrogen and oxygen atoms in total. The number of rotatable bonds is 8. The molecule has 0 aliphatic rings. The molecule has 0 bridgehead atoms. The summed E-state index contributed by atoms with van der Waals surface area (Å²) in [6.07, 6.45) is 0.228. The molecule has 0 spiro atoms. The average Bonchev–Trinajstić information content (AvgIpc) is 2.78. The minimum Gasteiger partial charge on any atom is -0.489 e. The van der Waals surface area contributed by atoms with Crippen molar-refractivity contribution >= 4 is 5.97 Å². The normalized spacial score (nSPS) is 11.0. The second kappa shape index (κ2) is 10.7. The highest BCUT2D eigenvalue weighted by molar-refractivity contribution is 5.71. The predicted octanol–water partition coefficient (Wildman–Crippen LogP) is 5.73. The lowest BCUT2D eigenvalue weighted by Crippen LogP contribution is -2.07. The summed E-state index contributed by atoms with van der Waals surface area (Å²) in [4.78, 5) is 11.6. The Hall–Kier alpha value is -3.71. The Morgan fingerprint density at radius 2 is 1.63 bits per heavy atom. The van der Waals surface area contributed by atoms with Crippen LogP contribution in [0.2, 0.25) is 0 Å². The standard InChI is InChI=1S/C26H24O4/c1-3-8-22(18-26(27)28-2)21-13-15-23(16-14-21)29-19-20-9-7-12-25(17-20)30-24-10-5-4-6-11-24/h4-7,9-17,22H,18-19H2,1-2H3. The van der Waals surface area contributed by atoms with Crippen molar-refractivity contribution in [3.8, 4) is 29.1 Å². The molecule has 0 aromatic heterocycles. The van der Waals surface area contributed by atoms with Gasteiger partial charge >= 0.3 is 5.97 Å². The quantitative estimate of drug-likeness (QED) is 0.358. The van der Waals surface area contributed by atoms with Gasteiger partial charge in [-0.15, -0.1) is 5.92 Å². The fraction of sp³-hybridized carbons (Fsp3) is 0.192. The van der Waals surface area contributed by atoms with E-state index in [1.807, 2.05) is 78.9 Å². The van der Waals surface area contributed by atoms with Crippen LogP contribution in [-0.4, -0.2) is 13.1 Å². The average molecular weight is 400 g/mol. The minimum absolute atomic E-state index is 0.191. The Balaban J connectivity index is 1.61. The van der Waals surface area contributed by atoms with Gasteiger partial charge in [0, 0.05) is 0 Å². The number of esters is 1. The molecule has 4 heteroatoms. The number of methoxy groups -OCH3 is 1. The van der Waals surface area contributed by atoms with E-state index < -0.39 is 0 Å². The summed E-state index contributed by atoms with van der Waals surface area (Å²) in [6, 6.07) is 25.1. The number of hydrogen-bond donors (Lipinski definition) is 0. The molecule has 0 amide bonds. The Kier molecular flexibility index (Phi) is 7.51. The molecule has 0 aliphatic carbocycles. The summed E-state index contributed by atoms with van der Waals surface area (Å²) in [7, 11) is 1.38. The molecule has 152 valence electrons. The van der Waals surface area contributed by atoms with E-state index in [0.717, 1.165) is 28.4 Å². The Morgan fingerprint density at radius 3 is 2.33 bits per heavy atom. The third-order valence-electron chi connectivity index (χ3n) is 4.48. The largest absolute Gasteiger partial charge is 0.489 e. The minimum atomic E-state index is -0.277. The number of carbonyl (C=O) groups is 1. The topological polar surface area (TPSA) is 44.8 Å².